The first-order chi connectivity index (χ1) is 16.6. The first kappa shape index (κ1) is 23.3. The Hall–Kier alpha value is -3.42. The van der Waals surface area contributed by atoms with E-state index in [1.54, 1.807) is 22.8 Å². The number of nitriles is 1. The van der Waals surface area contributed by atoms with Crippen molar-refractivity contribution in [3.8, 4) is 17.2 Å². The molecule has 0 aliphatic carbocycles. The molecule has 2 atom stereocenters. The van der Waals surface area contributed by atoms with Crippen LogP contribution in [0.4, 0.5) is 13.2 Å². The number of rotatable bonds is 3. The molecule has 2 aliphatic rings. The number of sulfonamides is 1. The number of benzene rings is 2. The molecule has 1 aromatic heterocycles. The Morgan fingerprint density at radius 3 is 2.49 bits per heavy atom. The summed E-state index contributed by atoms with van der Waals surface area (Å²) >= 11 is 0. The average molecular weight is 500 g/mol. The minimum atomic E-state index is -4.52. The summed E-state index contributed by atoms with van der Waals surface area (Å²) < 4.78 is 69.1. The molecule has 1 saturated heterocycles. The lowest BCUT2D eigenvalue weighted by molar-refractivity contribution is -0.137. The monoisotopic (exact) mass is 499 g/mol. The van der Waals surface area contributed by atoms with E-state index >= 15 is 0 Å². The predicted molar refractivity (Wildman–Crippen MR) is 122 cm³/mol. The summed E-state index contributed by atoms with van der Waals surface area (Å²) in [4.78, 5) is 13.3. The second kappa shape index (κ2) is 8.36. The van der Waals surface area contributed by atoms with Crippen molar-refractivity contribution in [1.82, 2.24) is 8.87 Å². The number of aromatic nitrogens is 1. The van der Waals surface area contributed by atoms with E-state index in [1.165, 1.54) is 34.6 Å². The molecule has 0 spiro atoms. The maximum absolute atomic E-state index is 13.3. The van der Waals surface area contributed by atoms with E-state index in [0.29, 0.717) is 12.1 Å². The van der Waals surface area contributed by atoms with Gasteiger partial charge >= 0.3 is 6.18 Å². The zero-order valence-electron chi connectivity index (χ0n) is 18.4. The third-order valence-corrected chi connectivity index (χ3v) is 8.59. The van der Waals surface area contributed by atoms with Gasteiger partial charge in [-0.3, -0.25) is 4.79 Å². The molecule has 2 aliphatic heterocycles. The van der Waals surface area contributed by atoms with Gasteiger partial charge in [-0.25, -0.2) is 8.42 Å². The molecule has 10 heteroatoms. The standard InChI is InChI=1S/C25H20F3N3O3S/c26-25(27,28)20-6-3-5-17(11-20)21-8-9-22-19-10-16(14-31(22)24(21)32)13-30(15-19)35(33,34)23-7-2-1-4-18(23)12-29/h1-9,11,16,19H,10,13-15H2/t16-,19+/m0/s1. The third-order valence-electron chi connectivity index (χ3n) is 6.70. The molecule has 0 N–H and O–H groups in total. The second-order valence-electron chi connectivity index (χ2n) is 8.89. The topological polar surface area (TPSA) is 83.2 Å². The zero-order chi connectivity index (χ0) is 25.0. The summed E-state index contributed by atoms with van der Waals surface area (Å²) in [5.41, 5.74) is -0.114. The van der Waals surface area contributed by atoms with Crippen LogP contribution in [0.2, 0.25) is 0 Å². The molecule has 5 rings (SSSR count). The van der Waals surface area contributed by atoms with Crippen LogP contribution < -0.4 is 5.56 Å². The highest BCUT2D eigenvalue weighted by Gasteiger charge is 2.40. The fraction of sp³-hybridized carbons (Fsp3) is 0.280. The fourth-order valence-corrected chi connectivity index (χ4v) is 6.81. The highest BCUT2D eigenvalue weighted by atomic mass is 32.2. The van der Waals surface area contributed by atoms with Crippen LogP contribution >= 0.6 is 0 Å². The summed E-state index contributed by atoms with van der Waals surface area (Å²) in [6.07, 6.45) is -3.81. The number of alkyl halides is 3. The van der Waals surface area contributed by atoms with Gasteiger partial charge in [0, 0.05) is 36.8 Å². The summed E-state index contributed by atoms with van der Waals surface area (Å²) in [5, 5.41) is 9.35. The minimum absolute atomic E-state index is 0.0419. The van der Waals surface area contributed by atoms with E-state index in [0.717, 1.165) is 12.1 Å². The van der Waals surface area contributed by atoms with Gasteiger partial charge in [-0.05, 0) is 54.3 Å². The van der Waals surface area contributed by atoms with Crippen LogP contribution in [0.1, 0.15) is 29.2 Å². The van der Waals surface area contributed by atoms with Crippen LogP contribution in [-0.4, -0.2) is 30.4 Å². The van der Waals surface area contributed by atoms with E-state index in [1.807, 2.05) is 6.07 Å². The highest BCUT2D eigenvalue weighted by Crippen LogP contribution is 2.38. The third kappa shape index (κ3) is 4.05. The lowest BCUT2D eigenvalue weighted by Gasteiger charge is -2.42. The molecule has 0 saturated carbocycles. The van der Waals surface area contributed by atoms with Crippen molar-refractivity contribution < 1.29 is 21.6 Å². The fourth-order valence-electron chi connectivity index (χ4n) is 5.10. The van der Waals surface area contributed by atoms with Gasteiger partial charge in [0.15, 0.2) is 0 Å². The molecule has 35 heavy (non-hydrogen) atoms. The Morgan fingerprint density at radius 1 is 0.971 bits per heavy atom. The van der Waals surface area contributed by atoms with Crippen molar-refractivity contribution >= 4 is 10.0 Å². The van der Waals surface area contributed by atoms with Gasteiger partial charge in [0.1, 0.15) is 6.07 Å². The van der Waals surface area contributed by atoms with Gasteiger partial charge in [-0.2, -0.15) is 22.7 Å². The van der Waals surface area contributed by atoms with E-state index in [-0.39, 0.29) is 58.6 Å². The Morgan fingerprint density at radius 2 is 1.74 bits per heavy atom. The molecular weight excluding hydrogens is 479 g/mol. The highest BCUT2D eigenvalue weighted by molar-refractivity contribution is 7.89. The first-order valence-corrected chi connectivity index (χ1v) is 12.4. The molecule has 0 unspecified atom stereocenters. The second-order valence-corrected chi connectivity index (χ2v) is 10.8. The SMILES string of the molecule is N#Cc1ccccc1S(=O)(=O)N1C[C@@H]2C[C@H](C1)c1ccc(-c3cccc(C(F)(F)F)c3)c(=O)n1C2. The first-order valence-electron chi connectivity index (χ1n) is 11.0. The maximum atomic E-state index is 13.3. The van der Waals surface area contributed by atoms with Crippen LogP contribution in [0.25, 0.3) is 11.1 Å². The normalized spacial score (nSPS) is 20.2. The largest absolute Gasteiger partial charge is 0.416 e. The van der Waals surface area contributed by atoms with E-state index in [2.05, 4.69) is 0 Å². The van der Waals surface area contributed by atoms with Crippen molar-refractivity contribution in [2.75, 3.05) is 13.1 Å². The molecule has 6 nitrogen and oxygen atoms in total. The Balaban J connectivity index is 1.50. The molecule has 2 aromatic carbocycles. The summed E-state index contributed by atoms with van der Waals surface area (Å²) in [7, 11) is -3.91. The van der Waals surface area contributed by atoms with Crippen LogP contribution in [0.15, 0.2) is 70.4 Å². The zero-order valence-corrected chi connectivity index (χ0v) is 19.2. The number of nitrogens with zero attached hydrogens (tertiary/aromatic N) is 3. The lowest BCUT2D eigenvalue weighted by atomic mass is 9.84. The molecule has 2 bridgehead atoms. The van der Waals surface area contributed by atoms with Crippen LogP contribution in [0, 0.1) is 17.2 Å². The van der Waals surface area contributed by atoms with Crippen LogP contribution in [0.3, 0.4) is 0 Å². The van der Waals surface area contributed by atoms with E-state index < -0.39 is 21.8 Å². The molecule has 0 amide bonds. The minimum Gasteiger partial charge on any atom is -0.311 e. The number of halogens is 3. The summed E-state index contributed by atoms with van der Waals surface area (Å²) in [6, 6.07) is 15.9. The Kier molecular flexibility index (Phi) is 5.57. The lowest BCUT2D eigenvalue weighted by Crippen LogP contribution is -2.49. The van der Waals surface area contributed by atoms with E-state index in [9.17, 15) is 31.6 Å². The molecule has 0 radical (unpaired) electrons. The molecule has 3 heterocycles. The van der Waals surface area contributed by atoms with Crippen LogP contribution in [0.5, 0.6) is 0 Å². The molecule has 3 aromatic rings. The number of hydrogen-bond donors (Lipinski definition) is 0. The Labute approximate surface area is 199 Å². The maximum Gasteiger partial charge on any atom is 0.416 e. The summed E-state index contributed by atoms with van der Waals surface area (Å²) in [6.45, 7) is 0.614. The van der Waals surface area contributed by atoms with Gasteiger partial charge in [-0.1, -0.05) is 24.3 Å². The predicted octanol–water partition coefficient (Wildman–Crippen LogP) is 4.21. The van der Waals surface area contributed by atoms with Gasteiger partial charge in [0.2, 0.25) is 10.0 Å². The molecule has 180 valence electrons. The Bertz CT molecular complexity index is 1520. The summed E-state index contributed by atoms with van der Waals surface area (Å²) in [5.74, 6) is -0.380. The van der Waals surface area contributed by atoms with Crippen molar-refractivity contribution in [3.63, 3.8) is 0 Å². The molecular formula is C25H20F3N3O3S. The molecule has 1 fully saturated rings. The number of pyridine rings is 1. The van der Waals surface area contributed by atoms with Gasteiger partial charge in [0.25, 0.3) is 5.56 Å². The van der Waals surface area contributed by atoms with Gasteiger partial charge < -0.3 is 4.57 Å². The van der Waals surface area contributed by atoms with Crippen molar-refractivity contribution in [2.24, 2.45) is 5.92 Å². The van der Waals surface area contributed by atoms with Crippen molar-refractivity contribution in [2.45, 2.75) is 30.0 Å². The quantitative estimate of drug-likeness (QED) is 0.541. The smallest absolute Gasteiger partial charge is 0.311 e. The van der Waals surface area contributed by atoms with E-state index in [4.69, 9.17) is 0 Å². The van der Waals surface area contributed by atoms with Crippen molar-refractivity contribution in [3.05, 3.63) is 87.8 Å². The van der Waals surface area contributed by atoms with Crippen molar-refractivity contribution in [1.29, 1.82) is 5.26 Å². The number of hydrogen-bond acceptors (Lipinski definition) is 4. The van der Waals surface area contributed by atoms with Crippen LogP contribution in [-0.2, 0) is 22.7 Å². The van der Waals surface area contributed by atoms with Gasteiger partial charge in [0.05, 0.1) is 16.0 Å². The average Bonchev–Trinajstić information content (AvgIpc) is 2.84. The number of piperidine rings is 1. The van der Waals surface area contributed by atoms with Gasteiger partial charge in [-0.15, -0.1) is 0 Å². The number of fused-ring (bicyclic) bond motifs is 4.